The zero-order chi connectivity index (χ0) is 28.3. The van der Waals surface area contributed by atoms with E-state index >= 15 is 0 Å². The molecule has 0 aliphatic carbocycles. The van der Waals surface area contributed by atoms with E-state index in [0.29, 0.717) is 29.6 Å². The normalized spacial score (nSPS) is 12.5. The average Bonchev–Trinajstić information content (AvgIpc) is 3.28. The largest absolute Gasteiger partial charge is 0.480 e. The second-order valence-electron chi connectivity index (χ2n) is 8.96. The minimum Gasteiger partial charge on any atom is -0.480 e. The summed E-state index contributed by atoms with van der Waals surface area (Å²) in [6.45, 7) is 1.59. The fourth-order valence-corrected chi connectivity index (χ4v) is 4.70. The molecule has 0 spiro atoms. The van der Waals surface area contributed by atoms with Gasteiger partial charge in [0.25, 0.3) is 5.56 Å². The van der Waals surface area contributed by atoms with Gasteiger partial charge in [-0.2, -0.15) is 0 Å². The Labute approximate surface area is 222 Å². The van der Waals surface area contributed by atoms with Crippen LogP contribution in [0.1, 0.15) is 48.1 Å². The van der Waals surface area contributed by atoms with Crippen molar-refractivity contribution in [2.75, 3.05) is 13.7 Å². The van der Waals surface area contributed by atoms with Crippen molar-refractivity contribution < 1.29 is 38.9 Å². The van der Waals surface area contributed by atoms with Crippen molar-refractivity contribution in [2.45, 2.75) is 45.4 Å². The van der Waals surface area contributed by atoms with Crippen LogP contribution >= 0.6 is 0 Å². The van der Waals surface area contributed by atoms with Crippen LogP contribution in [0.2, 0.25) is 0 Å². The van der Waals surface area contributed by atoms with E-state index in [2.05, 4.69) is 5.32 Å². The monoisotopic (exact) mass is 537 g/mol. The second-order valence-corrected chi connectivity index (χ2v) is 8.96. The topological polar surface area (TPSA) is 174 Å². The smallest absolute Gasteiger partial charge is 0.322 e. The summed E-state index contributed by atoms with van der Waals surface area (Å²) in [5.41, 5.74) is 3.35. The van der Waals surface area contributed by atoms with Gasteiger partial charge in [0.1, 0.15) is 18.4 Å². The number of ether oxygens (including phenoxy) is 2. The number of aromatic nitrogens is 2. The van der Waals surface area contributed by atoms with Gasteiger partial charge in [0, 0.05) is 35.6 Å². The standard InChI is InChI=1S/C27H27N3O9/c1-3-15-16-8-14(39-25(36)7-6-23(33)28-10-24(34)35)4-5-20(16)29-26-18(15)11-30-21(26)9-17(22(32)12-31)19(13-38-2)27(30)37/h4-5,8-9,12,22,32H,3,6-7,10-11,13H2,1-2H3,(H,28,33)(H,34,35). The molecule has 0 radical (unpaired) electrons. The number of nitrogens with zero attached hydrogens (tertiary/aromatic N) is 2. The van der Waals surface area contributed by atoms with Crippen molar-refractivity contribution in [2.24, 2.45) is 0 Å². The van der Waals surface area contributed by atoms with Crippen molar-refractivity contribution in [1.29, 1.82) is 0 Å². The summed E-state index contributed by atoms with van der Waals surface area (Å²) in [6, 6.07) is 6.52. The molecule has 1 aliphatic rings. The van der Waals surface area contributed by atoms with Crippen LogP contribution in [0.15, 0.2) is 29.1 Å². The van der Waals surface area contributed by atoms with Crippen LogP contribution < -0.4 is 15.6 Å². The van der Waals surface area contributed by atoms with Crippen LogP contribution in [0.5, 0.6) is 5.75 Å². The number of benzene rings is 1. The van der Waals surface area contributed by atoms with E-state index in [9.17, 15) is 29.1 Å². The maximum absolute atomic E-state index is 13.3. The minimum absolute atomic E-state index is 0.0678. The Kier molecular flexibility index (Phi) is 8.17. The summed E-state index contributed by atoms with van der Waals surface area (Å²) >= 11 is 0. The summed E-state index contributed by atoms with van der Waals surface area (Å²) in [6.07, 6.45) is -0.987. The first-order chi connectivity index (χ1) is 18.7. The summed E-state index contributed by atoms with van der Waals surface area (Å²) in [5.74, 6) is -2.16. The van der Waals surface area contributed by atoms with Gasteiger partial charge in [-0.3, -0.25) is 19.2 Å². The summed E-state index contributed by atoms with van der Waals surface area (Å²) in [4.78, 5) is 63.9. The number of aliphatic hydroxyl groups excluding tert-OH is 1. The number of aldehydes is 1. The van der Waals surface area contributed by atoms with Crippen LogP contribution in [-0.4, -0.2) is 57.6 Å². The number of aryl methyl sites for hydroxylation is 1. The predicted octanol–water partition coefficient (Wildman–Crippen LogP) is 1.25. The van der Waals surface area contributed by atoms with E-state index in [4.69, 9.17) is 19.6 Å². The number of pyridine rings is 2. The number of carboxylic acid groups (broad SMARTS) is 1. The Hall–Kier alpha value is -4.42. The summed E-state index contributed by atoms with van der Waals surface area (Å²) in [5, 5.41) is 21.8. The maximum atomic E-state index is 13.3. The van der Waals surface area contributed by atoms with Crippen LogP contribution in [0, 0.1) is 0 Å². The molecule has 3 N–H and O–H groups in total. The molecular weight excluding hydrogens is 510 g/mol. The van der Waals surface area contributed by atoms with Crippen molar-refractivity contribution >= 4 is 35.0 Å². The van der Waals surface area contributed by atoms with E-state index < -0.39 is 30.5 Å². The van der Waals surface area contributed by atoms with Crippen molar-refractivity contribution in [1.82, 2.24) is 14.9 Å². The van der Waals surface area contributed by atoms with Gasteiger partial charge in [-0.25, -0.2) is 4.98 Å². The molecule has 0 fully saturated rings. The lowest BCUT2D eigenvalue weighted by Crippen LogP contribution is -2.29. The lowest BCUT2D eigenvalue weighted by molar-refractivity contribution is -0.138. The third kappa shape index (κ3) is 5.56. The highest BCUT2D eigenvalue weighted by Gasteiger charge is 2.29. The van der Waals surface area contributed by atoms with Crippen molar-refractivity contribution in [3.8, 4) is 17.1 Å². The Morgan fingerprint density at radius 3 is 2.64 bits per heavy atom. The highest BCUT2D eigenvalue weighted by atomic mass is 16.5. The second kappa shape index (κ2) is 11.5. The number of nitrogens with one attached hydrogen (secondary N) is 1. The first-order valence-electron chi connectivity index (χ1n) is 12.2. The fraction of sp³-hybridized carbons (Fsp3) is 0.333. The van der Waals surface area contributed by atoms with Gasteiger partial charge in [-0.15, -0.1) is 0 Å². The predicted molar refractivity (Wildman–Crippen MR) is 137 cm³/mol. The molecule has 1 aromatic carbocycles. The number of hydrogen-bond donors (Lipinski definition) is 3. The van der Waals surface area contributed by atoms with Crippen LogP contribution in [-0.2, 0) is 43.5 Å². The summed E-state index contributed by atoms with van der Waals surface area (Å²) in [7, 11) is 1.42. The molecule has 3 aromatic rings. The van der Waals surface area contributed by atoms with E-state index in [1.165, 1.54) is 7.11 Å². The van der Waals surface area contributed by atoms with Crippen LogP contribution in [0.4, 0.5) is 0 Å². The minimum atomic E-state index is -1.48. The Bertz CT molecular complexity index is 1540. The molecule has 2 aromatic heterocycles. The van der Waals surface area contributed by atoms with Gasteiger partial charge in [0.05, 0.1) is 36.5 Å². The number of esters is 1. The van der Waals surface area contributed by atoms with E-state index in [1.807, 2.05) is 6.92 Å². The molecule has 204 valence electrons. The van der Waals surface area contributed by atoms with Gasteiger partial charge >= 0.3 is 11.9 Å². The number of rotatable bonds is 11. The number of aliphatic carboxylic acids is 1. The molecule has 1 atom stereocenters. The first kappa shape index (κ1) is 27.6. The van der Waals surface area contributed by atoms with Crippen LogP contribution in [0.3, 0.4) is 0 Å². The number of aliphatic hydroxyl groups is 1. The molecule has 1 unspecified atom stereocenters. The Morgan fingerprint density at radius 2 is 1.97 bits per heavy atom. The third-order valence-electron chi connectivity index (χ3n) is 6.48. The lowest BCUT2D eigenvalue weighted by Gasteiger charge is -2.14. The lowest BCUT2D eigenvalue weighted by atomic mass is 9.98. The van der Waals surface area contributed by atoms with Crippen LogP contribution in [0.25, 0.3) is 22.3 Å². The number of amides is 1. The molecule has 12 heteroatoms. The first-order valence-corrected chi connectivity index (χ1v) is 12.2. The molecule has 4 rings (SSSR count). The van der Waals surface area contributed by atoms with Gasteiger partial charge in [-0.05, 0) is 36.2 Å². The van der Waals surface area contributed by atoms with E-state index in [0.717, 1.165) is 16.5 Å². The highest BCUT2D eigenvalue weighted by molar-refractivity contribution is 5.90. The van der Waals surface area contributed by atoms with Gasteiger partial charge in [0.15, 0.2) is 6.29 Å². The molecule has 0 bridgehead atoms. The average molecular weight is 538 g/mol. The van der Waals surface area contributed by atoms with Gasteiger partial charge in [-0.1, -0.05) is 6.92 Å². The Balaban J connectivity index is 1.66. The Morgan fingerprint density at radius 1 is 1.21 bits per heavy atom. The highest BCUT2D eigenvalue weighted by Crippen LogP contribution is 2.38. The maximum Gasteiger partial charge on any atom is 0.322 e. The number of fused-ring (bicyclic) bond motifs is 4. The van der Waals surface area contributed by atoms with Crippen molar-refractivity contribution in [3.05, 3.63) is 56.9 Å². The molecular formula is C27H27N3O9. The number of hydrogen-bond acceptors (Lipinski definition) is 9. The number of carbonyl (C=O) groups is 4. The molecule has 1 aliphatic heterocycles. The molecule has 1 amide bonds. The SMILES string of the molecule is CCc1c2c(nc3ccc(OC(=O)CCC(=O)NCC(=O)O)cc13)-c1cc(C(O)C=O)c(COC)c(=O)n1C2. The molecule has 39 heavy (non-hydrogen) atoms. The van der Waals surface area contributed by atoms with E-state index in [-0.39, 0.29) is 48.4 Å². The number of carboxylic acids is 1. The van der Waals surface area contributed by atoms with Crippen molar-refractivity contribution in [3.63, 3.8) is 0 Å². The zero-order valence-electron chi connectivity index (χ0n) is 21.4. The molecule has 0 saturated heterocycles. The molecule has 3 heterocycles. The fourth-order valence-electron chi connectivity index (χ4n) is 4.70. The number of methoxy groups -OCH3 is 1. The van der Waals surface area contributed by atoms with Gasteiger partial charge in [0.2, 0.25) is 5.91 Å². The quantitative estimate of drug-likeness (QED) is 0.143. The number of carbonyl (C=O) groups excluding carboxylic acids is 3. The molecule has 12 nitrogen and oxygen atoms in total. The molecule has 0 saturated carbocycles. The summed E-state index contributed by atoms with van der Waals surface area (Å²) < 4.78 is 12.1. The zero-order valence-corrected chi connectivity index (χ0v) is 21.4. The van der Waals surface area contributed by atoms with Gasteiger partial charge < -0.3 is 34.4 Å². The third-order valence-corrected chi connectivity index (χ3v) is 6.48. The van der Waals surface area contributed by atoms with E-state index in [1.54, 1.807) is 28.8 Å².